The van der Waals surface area contributed by atoms with Gasteiger partial charge in [-0.1, -0.05) is 13.0 Å². The second-order valence-electron chi connectivity index (χ2n) is 6.16. The first-order chi connectivity index (χ1) is 11.3. The number of benzene rings is 1. The Morgan fingerprint density at radius 1 is 1.33 bits per heavy atom. The van der Waals surface area contributed by atoms with Crippen molar-refractivity contribution in [3.8, 4) is 5.75 Å². The monoisotopic (exact) mass is 355 g/mol. The van der Waals surface area contributed by atoms with Crippen LogP contribution in [-0.2, 0) is 15.0 Å². The molecule has 0 aliphatic carbocycles. The minimum atomic E-state index is -3.63. The molecule has 1 aromatic rings. The summed E-state index contributed by atoms with van der Waals surface area (Å²) in [5.41, 5.74) is 1.49. The number of nitrogens with zero attached hydrogens (tertiary/aromatic N) is 1. The SMILES string of the molecule is COc1ccc(C)cc1NC(=O)CNS(=O)(=O)N1CCC(C)CC1. The second-order valence-corrected chi connectivity index (χ2v) is 7.91. The molecule has 0 aromatic heterocycles. The van der Waals surface area contributed by atoms with Crippen molar-refractivity contribution in [2.45, 2.75) is 26.7 Å². The number of aryl methyl sites for hydroxylation is 1. The van der Waals surface area contributed by atoms with Crippen LogP contribution in [0, 0.1) is 12.8 Å². The molecule has 1 aliphatic heterocycles. The molecule has 1 amide bonds. The highest BCUT2D eigenvalue weighted by molar-refractivity contribution is 7.87. The largest absolute Gasteiger partial charge is 0.495 e. The second kappa shape index (κ2) is 7.96. The number of nitrogens with one attached hydrogen (secondary N) is 2. The Morgan fingerprint density at radius 2 is 2.00 bits per heavy atom. The van der Waals surface area contributed by atoms with E-state index in [-0.39, 0.29) is 6.54 Å². The van der Waals surface area contributed by atoms with Gasteiger partial charge in [0.25, 0.3) is 10.2 Å². The summed E-state index contributed by atoms with van der Waals surface area (Å²) in [6.45, 7) is 4.67. The maximum atomic E-state index is 12.2. The van der Waals surface area contributed by atoms with Gasteiger partial charge in [0.15, 0.2) is 0 Å². The average Bonchev–Trinajstić information content (AvgIpc) is 2.54. The van der Waals surface area contributed by atoms with Crippen molar-refractivity contribution in [1.82, 2.24) is 9.03 Å². The molecule has 134 valence electrons. The molecule has 0 spiro atoms. The van der Waals surface area contributed by atoms with Crippen molar-refractivity contribution in [1.29, 1.82) is 0 Å². The number of methoxy groups -OCH3 is 1. The van der Waals surface area contributed by atoms with Gasteiger partial charge < -0.3 is 10.1 Å². The van der Waals surface area contributed by atoms with E-state index in [2.05, 4.69) is 17.0 Å². The zero-order chi connectivity index (χ0) is 17.7. The van der Waals surface area contributed by atoms with Crippen molar-refractivity contribution in [3.63, 3.8) is 0 Å². The van der Waals surface area contributed by atoms with Gasteiger partial charge >= 0.3 is 0 Å². The molecular weight excluding hydrogens is 330 g/mol. The van der Waals surface area contributed by atoms with Gasteiger partial charge in [0.05, 0.1) is 19.3 Å². The summed E-state index contributed by atoms with van der Waals surface area (Å²) >= 11 is 0. The third-order valence-electron chi connectivity index (χ3n) is 4.13. The number of carbonyl (C=O) groups is 1. The molecule has 1 aromatic carbocycles. The van der Waals surface area contributed by atoms with Gasteiger partial charge in [-0.15, -0.1) is 0 Å². The lowest BCUT2D eigenvalue weighted by Crippen LogP contribution is -2.46. The maximum absolute atomic E-state index is 12.2. The van der Waals surface area contributed by atoms with E-state index < -0.39 is 16.1 Å². The van der Waals surface area contributed by atoms with Crippen LogP contribution in [0.15, 0.2) is 18.2 Å². The molecule has 1 fully saturated rings. The lowest BCUT2D eigenvalue weighted by Gasteiger charge is -2.29. The molecule has 1 aliphatic rings. The minimum absolute atomic E-state index is 0.314. The topological polar surface area (TPSA) is 87.7 Å². The smallest absolute Gasteiger partial charge is 0.279 e. The first-order valence-electron chi connectivity index (χ1n) is 8.01. The predicted octanol–water partition coefficient (Wildman–Crippen LogP) is 1.51. The summed E-state index contributed by atoms with van der Waals surface area (Å²) in [5.74, 6) is 0.628. The van der Waals surface area contributed by atoms with E-state index in [9.17, 15) is 13.2 Å². The highest BCUT2D eigenvalue weighted by Crippen LogP contribution is 2.25. The molecule has 2 rings (SSSR count). The predicted molar refractivity (Wildman–Crippen MR) is 93.3 cm³/mol. The fourth-order valence-electron chi connectivity index (χ4n) is 2.59. The fraction of sp³-hybridized carbons (Fsp3) is 0.562. The van der Waals surface area contributed by atoms with Crippen molar-refractivity contribution in [3.05, 3.63) is 23.8 Å². The van der Waals surface area contributed by atoms with Crippen LogP contribution in [0.25, 0.3) is 0 Å². The summed E-state index contributed by atoms with van der Waals surface area (Å²) in [6.07, 6.45) is 1.68. The molecule has 2 N–H and O–H groups in total. The van der Waals surface area contributed by atoms with Crippen molar-refractivity contribution in [2.75, 3.05) is 32.1 Å². The highest BCUT2D eigenvalue weighted by atomic mass is 32.2. The number of hydrogen-bond acceptors (Lipinski definition) is 4. The Bertz CT molecular complexity index is 683. The molecule has 7 nitrogen and oxygen atoms in total. The van der Waals surface area contributed by atoms with Gasteiger partial charge in [-0.2, -0.15) is 17.4 Å². The normalized spacial score (nSPS) is 16.8. The van der Waals surface area contributed by atoms with Crippen LogP contribution in [0.3, 0.4) is 0 Å². The number of rotatable bonds is 6. The van der Waals surface area contributed by atoms with E-state index in [1.54, 1.807) is 12.1 Å². The van der Waals surface area contributed by atoms with E-state index >= 15 is 0 Å². The molecule has 1 heterocycles. The number of ether oxygens (including phenoxy) is 1. The number of piperidine rings is 1. The van der Waals surface area contributed by atoms with E-state index in [4.69, 9.17) is 4.74 Å². The number of carbonyl (C=O) groups excluding carboxylic acids is 1. The van der Waals surface area contributed by atoms with Crippen molar-refractivity contribution >= 4 is 21.8 Å². The van der Waals surface area contributed by atoms with Gasteiger partial charge in [-0.05, 0) is 43.4 Å². The lowest BCUT2D eigenvalue weighted by molar-refractivity contribution is -0.115. The van der Waals surface area contributed by atoms with Gasteiger partial charge in [0, 0.05) is 13.1 Å². The quantitative estimate of drug-likeness (QED) is 0.810. The molecule has 0 bridgehead atoms. The first-order valence-corrected chi connectivity index (χ1v) is 9.45. The zero-order valence-electron chi connectivity index (χ0n) is 14.3. The van der Waals surface area contributed by atoms with Crippen molar-refractivity contribution < 1.29 is 17.9 Å². The Kier molecular flexibility index (Phi) is 6.20. The van der Waals surface area contributed by atoms with Crippen LogP contribution in [-0.4, -0.2) is 45.4 Å². The summed E-state index contributed by atoms with van der Waals surface area (Å²) in [6, 6.07) is 5.40. The maximum Gasteiger partial charge on any atom is 0.279 e. The Labute approximate surface area is 143 Å². The van der Waals surface area contributed by atoms with Gasteiger partial charge in [0.1, 0.15) is 5.75 Å². The van der Waals surface area contributed by atoms with Crippen LogP contribution in [0.1, 0.15) is 25.3 Å². The average molecular weight is 355 g/mol. The Balaban J connectivity index is 1.92. The lowest BCUT2D eigenvalue weighted by atomic mass is 10.0. The molecule has 0 atom stereocenters. The number of hydrogen-bond donors (Lipinski definition) is 2. The molecular formula is C16H25N3O4S. The molecule has 0 unspecified atom stereocenters. The fourth-order valence-corrected chi connectivity index (χ4v) is 3.77. The first kappa shape index (κ1) is 18.7. The van der Waals surface area contributed by atoms with Gasteiger partial charge in [-0.3, -0.25) is 4.79 Å². The molecule has 8 heteroatoms. The van der Waals surface area contributed by atoms with Crippen LogP contribution < -0.4 is 14.8 Å². The van der Waals surface area contributed by atoms with E-state index in [1.807, 2.05) is 13.0 Å². The van der Waals surface area contributed by atoms with Gasteiger partial charge in [-0.25, -0.2) is 0 Å². The van der Waals surface area contributed by atoms with E-state index in [0.717, 1.165) is 18.4 Å². The highest BCUT2D eigenvalue weighted by Gasteiger charge is 2.26. The van der Waals surface area contributed by atoms with Gasteiger partial charge in [0.2, 0.25) is 5.91 Å². The van der Waals surface area contributed by atoms with E-state index in [1.165, 1.54) is 11.4 Å². The van der Waals surface area contributed by atoms with E-state index in [0.29, 0.717) is 30.4 Å². The Morgan fingerprint density at radius 3 is 2.62 bits per heavy atom. The summed E-state index contributed by atoms with van der Waals surface area (Å²) in [7, 11) is -2.11. The number of amides is 1. The van der Waals surface area contributed by atoms with Crippen LogP contribution in [0.2, 0.25) is 0 Å². The minimum Gasteiger partial charge on any atom is -0.495 e. The molecule has 0 radical (unpaired) electrons. The van der Waals surface area contributed by atoms with Crippen molar-refractivity contribution in [2.24, 2.45) is 5.92 Å². The van der Waals surface area contributed by atoms with Crippen LogP contribution >= 0.6 is 0 Å². The Hall–Kier alpha value is -1.64. The van der Waals surface area contributed by atoms with Crippen LogP contribution in [0.5, 0.6) is 5.75 Å². The van der Waals surface area contributed by atoms with Crippen LogP contribution in [0.4, 0.5) is 5.69 Å². The third-order valence-corrected chi connectivity index (χ3v) is 5.68. The molecule has 1 saturated heterocycles. The standard InChI is InChI=1S/C16H25N3O4S/c1-12-6-8-19(9-7-12)24(21,22)17-11-16(20)18-14-10-13(2)4-5-15(14)23-3/h4-5,10,12,17H,6-9,11H2,1-3H3,(H,18,20). The molecule has 0 saturated carbocycles. The summed E-state index contributed by atoms with van der Waals surface area (Å²) < 4.78 is 33.4. The third kappa shape index (κ3) is 4.93. The summed E-state index contributed by atoms with van der Waals surface area (Å²) in [4.78, 5) is 12.1. The number of anilines is 1. The summed E-state index contributed by atoms with van der Waals surface area (Å²) in [5, 5.41) is 2.68. The molecule has 24 heavy (non-hydrogen) atoms. The zero-order valence-corrected chi connectivity index (χ0v) is 15.1.